The van der Waals surface area contributed by atoms with E-state index in [0.717, 1.165) is 19.6 Å². The first-order valence-electron chi connectivity index (χ1n) is 6.28. The number of nitrogens with zero attached hydrogens (tertiary/aromatic N) is 1. The predicted octanol–water partition coefficient (Wildman–Crippen LogP) is 3.05. The van der Waals surface area contributed by atoms with Gasteiger partial charge in [-0.2, -0.15) is 0 Å². The van der Waals surface area contributed by atoms with Crippen LogP contribution in [0.1, 0.15) is 48.0 Å². The van der Waals surface area contributed by atoms with Crippen molar-refractivity contribution >= 4 is 0 Å². The molecule has 0 rings (SSSR count). The highest BCUT2D eigenvalue weighted by Crippen LogP contribution is 2.13. The average Bonchev–Trinajstić information content (AvgIpc) is 2.06. The maximum Gasteiger partial charge on any atom is 0.0165 e. The fraction of sp³-hybridized carbons (Fsp3) is 0.857. The highest BCUT2D eigenvalue weighted by Gasteiger charge is 2.19. The van der Waals surface area contributed by atoms with Crippen molar-refractivity contribution in [3.05, 3.63) is 12.7 Å². The molecule has 0 heterocycles. The number of hydrogen-bond donors (Lipinski definition) is 1. The Balaban J connectivity index is 3.91. The summed E-state index contributed by atoms with van der Waals surface area (Å²) in [5.74, 6) is 0. The van der Waals surface area contributed by atoms with E-state index in [-0.39, 0.29) is 11.1 Å². The molecule has 2 nitrogen and oxygen atoms in total. The molecule has 0 spiro atoms. The van der Waals surface area contributed by atoms with Gasteiger partial charge in [-0.3, -0.25) is 4.90 Å². The Morgan fingerprint density at radius 3 is 2.06 bits per heavy atom. The van der Waals surface area contributed by atoms with Crippen LogP contribution in [0.3, 0.4) is 0 Å². The summed E-state index contributed by atoms with van der Waals surface area (Å²) in [4.78, 5) is 2.46. The van der Waals surface area contributed by atoms with Gasteiger partial charge >= 0.3 is 0 Å². The summed E-state index contributed by atoms with van der Waals surface area (Å²) in [7, 11) is 0. The lowest BCUT2D eigenvalue weighted by molar-refractivity contribution is 0.151. The Bertz CT molecular complexity index is 196. The molecule has 0 unspecified atom stereocenters. The normalized spacial score (nSPS) is 13.2. The minimum Gasteiger partial charge on any atom is -0.312 e. The predicted molar refractivity (Wildman–Crippen MR) is 73.9 cm³/mol. The molecule has 0 atom stereocenters. The zero-order chi connectivity index (χ0) is 12.8. The highest BCUT2D eigenvalue weighted by molar-refractivity contribution is 4.83. The first-order chi connectivity index (χ1) is 7.17. The largest absolute Gasteiger partial charge is 0.312 e. The summed E-state index contributed by atoms with van der Waals surface area (Å²) in [6, 6.07) is 0. The van der Waals surface area contributed by atoms with Crippen molar-refractivity contribution in [3.63, 3.8) is 0 Å². The van der Waals surface area contributed by atoms with Crippen LogP contribution in [0.25, 0.3) is 0 Å². The third kappa shape index (κ3) is 7.89. The minimum atomic E-state index is 0.227. The lowest BCUT2D eigenvalue weighted by Crippen LogP contribution is -2.43. The van der Waals surface area contributed by atoms with Gasteiger partial charge in [-0.1, -0.05) is 6.08 Å². The van der Waals surface area contributed by atoms with Gasteiger partial charge in [0.05, 0.1) is 0 Å². The van der Waals surface area contributed by atoms with Crippen LogP contribution in [-0.2, 0) is 0 Å². The van der Waals surface area contributed by atoms with Gasteiger partial charge in [0.1, 0.15) is 0 Å². The van der Waals surface area contributed by atoms with Crippen molar-refractivity contribution in [1.29, 1.82) is 0 Å². The van der Waals surface area contributed by atoms with Gasteiger partial charge < -0.3 is 5.32 Å². The molecule has 0 amide bonds. The molecule has 1 N–H and O–H groups in total. The van der Waals surface area contributed by atoms with Crippen LogP contribution in [0.2, 0.25) is 0 Å². The van der Waals surface area contributed by atoms with Crippen molar-refractivity contribution in [3.8, 4) is 0 Å². The molecule has 0 saturated carbocycles. The molecule has 0 fully saturated rings. The average molecular weight is 226 g/mol. The van der Waals surface area contributed by atoms with E-state index in [4.69, 9.17) is 0 Å². The number of nitrogens with one attached hydrogen (secondary N) is 1. The monoisotopic (exact) mass is 226 g/mol. The third-order valence-electron chi connectivity index (χ3n) is 2.56. The molecule has 0 aromatic heterocycles. The van der Waals surface area contributed by atoms with Crippen LogP contribution in [0, 0.1) is 0 Å². The molecule has 96 valence electrons. The van der Waals surface area contributed by atoms with Crippen molar-refractivity contribution in [2.75, 3.05) is 19.6 Å². The third-order valence-corrected chi connectivity index (χ3v) is 2.56. The molecule has 0 bridgehead atoms. The molecule has 2 heteroatoms. The fourth-order valence-electron chi connectivity index (χ4n) is 1.59. The lowest BCUT2D eigenvalue weighted by atomic mass is 10.1. The SMILES string of the molecule is C=CCN(CCCNC(C)(C)C)C(C)(C)C. The van der Waals surface area contributed by atoms with E-state index in [1.807, 2.05) is 6.08 Å². The molecule has 0 radical (unpaired) electrons. The zero-order valence-corrected chi connectivity index (χ0v) is 12.1. The molecule has 0 aromatic carbocycles. The lowest BCUT2D eigenvalue weighted by Gasteiger charge is -2.35. The summed E-state index contributed by atoms with van der Waals surface area (Å²) < 4.78 is 0. The van der Waals surface area contributed by atoms with E-state index in [9.17, 15) is 0 Å². The molecular formula is C14H30N2. The van der Waals surface area contributed by atoms with Crippen LogP contribution in [0.4, 0.5) is 0 Å². The van der Waals surface area contributed by atoms with E-state index >= 15 is 0 Å². The minimum absolute atomic E-state index is 0.227. The Morgan fingerprint density at radius 1 is 1.12 bits per heavy atom. The molecule has 0 aliphatic rings. The molecule has 0 saturated heterocycles. The molecular weight excluding hydrogens is 196 g/mol. The second kappa shape index (κ2) is 6.41. The van der Waals surface area contributed by atoms with E-state index in [1.165, 1.54) is 6.42 Å². The highest BCUT2D eigenvalue weighted by atomic mass is 15.2. The summed E-state index contributed by atoms with van der Waals surface area (Å²) in [6.07, 6.45) is 3.17. The molecule has 0 aromatic rings. The van der Waals surface area contributed by atoms with Crippen LogP contribution in [-0.4, -0.2) is 35.6 Å². The fourth-order valence-corrected chi connectivity index (χ4v) is 1.59. The van der Waals surface area contributed by atoms with Crippen LogP contribution < -0.4 is 5.32 Å². The second-order valence-electron chi connectivity index (χ2n) is 6.44. The first kappa shape index (κ1) is 15.7. The Morgan fingerprint density at radius 2 is 1.69 bits per heavy atom. The van der Waals surface area contributed by atoms with Crippen molar-refractivity contribution in [1.82, 2.24) is 10.2 Å². The Labute approximate surface area is 102 Å². The van der Waals surface area contributed by atoms with Gasteiger partial charge in [0.15, 0.2) is 0 Å². The first-order valence-corrected chi connectivity index (χ1v) is 6.28. The Hall–Kier alpha value is -0.340. The summed E-state index contributed by atoms with van der Waals surface area (Å²) in [5.41, 5.74) is 0.459. The van der Waals surface area contributed by atoms with Gasteiger partial charge in [-0.25, -0.2) is 0 Å². The van der Waals surface area contributed by atoms with Crippen molar-refractivity contribution < 1.29 is 0 Å². The summed E-state index contributed by atoms with van der Waals surface area (Å²) in [6.45, 7) is 20.4. The van der Waals surface area contributed by atoms with Gasteiger partial charge in [0.25, 0.3) is 0 Å². The summed E-state index contributed by atoms with van der Waals surface area (Å²) >= 11 is 0. The Kier molecular flexibility index (Phi) is 6.27. The van der Waals surface area contributed by atoms with Gasteiger partial charge in [0, 0.05) is 24.2 Å². The second-order valence-corrected chi connectivity index (χ2v) is 6.44. The zero-order valence-electron chi connectivity index (χ0n) is 12.1. The van der Waals surface area contributed by atoms with Crippen molar-refractivity contribution in [2.45, 2.75) is 59.0 Å². The number of rotatable bonds is 6. The molecule has 0 aliphatic heterocycles. The smallest absolute Gasteiger partial charge is 0.0165 e. The van der Waals surface area contributed by atoms with E-state index < -0.39 is 0 Å². The van der Waals surface area contributed by atoms with Crippen molar-refractivity contribution in [2.24, 2.45) is 0 Å². The molecule has 0 aliphatic carbocycles. The number of hydrogen-bond acceptors (Lipinski definition) is 2. The standard InChI is InChI=1S/C14H30N2/c1-8-11-16(14(5,6)7)12-9-10-15-13(2,3)4/h8,15H,1,9-12H2,2-7H3. The van der Waals surface area contributed by atoms with E-state index in [1.54, 1.807) is 0 Å². The van der Waals surface area contributed by atoms with Gasteiger partial charge in [-0.15, -0.1) is 6.58 Å². The van der Waals surface area contributed by atoms with Gasteiger partial charge in [0.2, 0.25) is 0 Å². The summed E-state index contributed by atoms with van der Waals surface area (Å²) in [5, 5.41) is 3.52. The molecule has 16 heavy (non-hydrogen) atoms. The van der Waals surface area contributed by atoms with E-state index in [2.05, 4.69) is 58.3 Å². The topological polar surface area (TPSA) is 15.3 Å². The maximum atomic E-state index is 3.82. The quantitative estimate of drug-likeness (QED) is 0.553. The van der Waals surface area contributed by atoms with E-state index in [0.29, 0.717) is 0 Å². The maximum absolute atomic E-state index is 3.82. The van der Waals surface area contributed by atoms with Crippen LogP contribution >= 0.6 is 0 Å². The van der Waals surface area contributed by atoms with Gasteiger partial charge in [-0.05, 0) is 54.5 Å². The van der Waals surface area contributed by atoms with Crippen LogP contribution in [0.15, 0.2) is 12.7 Å². The van der Waals surface area contributed by atoms with Crippen LogP contribution in [0.5, 0.6) is 0 Å².